The van der Waals surface area contributed by atoms with E-state index in [4.69, 9.17) is 4.74 Å². The van der Waals surface area contributed by atoms with E-state index in [0.717, 1.165) is 0 Å². The van der Waals surface area contributed by atoms with Crippen LogP contribution in [0.15, 0.2) is 47.3 Å². The maximum Gasteiger partial charge on any atom is 0.274 e. The molecule has 1 N–H and O–H groups in total. The van der Waals surface area contributed by atoms with Crippen LogP contribution in [0.4, 0.5) is 5.69 Å². The first-order valence-corrected chi connectivity index (χ1v) is 7.84. The van der Waals surface area contributed by atoms with Crippen molar-refractivity contribution in [1.29, 1.82) is 0 Å². The molecule has 0 radical (unpaired) electrons. The lowest BCUT2D eigenvalue weighted by Crippen LogP contribution is -2.13. The van der Waals surface area contributed by atoms with Gasteiger partial charge in [0.15, 0.2) is 0 Å². The molecule has 0 saturated carbocycles. The maximum atomic E-state index is 12.4. The fourth-order valence-corrected chi connectivity index (χ4v) is 2.47. The molecule has 7 nitrogen and oxygen atoms in total. The zero-order valence-corrected chi connectivity index (χ0v) is 14.6. The molecule has 8 heteroatoms. The number of carbonyl (C=O) groups is 1. The van der Waals surface area contributed by atoms with E-state index in [9.17, 15) is 4.79 Å². The van der Waals surface area contributed by atoms with Crippen LogP contribution in [-0.2, 0) is 7.05 Å². The Balaban J connectivity index is 1.90. The molecular formula is C16H14BrN5O2. The summed E-state index contributed by atoms with van der Waals surface area (Å²) in [5.41, 5.74) is 2.07. The number of halogens is 1. The van der Waals surface area contributed by atoms with Crippen LogP contribution in [0.2, 0.25) is 0 Å². The summed E-state index contributed by atoms with van der Waals surface area (Å²) in [5.74, 6) is 0.331. The Bertz CT molecular complexity index is 876. The van der Waals surface area contributed by atoms with Crippen molar-refractivity contribution in [2.45, 2.75) is 0 Å². The van der Waals surface area contributed by atoms with E-state index in [1.165, 1.54) is 0 Å². The van der Waals surface area contributed by atoms with Gasteiger partial charge in [-0.15, -0.1) is 0 Å². The summed E-state index contributed by atoms with van der Waals surface area (Å²) in [4.78, 5) is 20.8. The van der Waals surface area contributed by atoms with Crippen LogP contribution in [0.1, 0.15) is 10.5 Å². The minimum atomic E-state index is -0.320. The Kier molecular flexibility index (Phi) is 4.57. The third kappa shape index (κ3) is 3.43. The number of hydrogen-bond donors (Lipinski definition) is 1. The summed E-state index contributed by atoms with van der Waals surface area (Å²) >= 11 is 3.26. The SMILES string of the molecule is COc1ccc(-c2nn(C)cc2NC(=O)c2cccc(Br)n2)nc1. The molecule has 3 aromatic heterocycles. The highest BCUT2D eigenvalue weighted by molar-refractivity contribution is 9.10. The fourth-order valence-electron chi connectivity index (χ4n) is 2.13. The van der Waals surface area contributed by atoms with E-state index in [-0.39, 0.29) is 5.91 Å². The Morgan fingerprint density at radius 2 is 2.12 bits per heavy atom. The number of aromatic nitrogens is 4. The zero-order chi connectivity index (χ0) is 17.1. The number of rotatable bonds is 4. The van der Waals surface area contributed by atoms with Crippen molar-refractivity contribution in [2.24, 2.45) is 7.05 Å². The number of carbonyl (C=O) groups excluding carboxylic acids is 1. The fraction of sp³-hybridized carbons (Fsp3) is 0.125. The third-order valence-corrected chi connectivity index (χ3v) is 3.68. The molecule has 0 aliphatic rings. The van der Waals surface area contributed by atoms with Gasteiger partial charge >= 0.3 is 0 Å². The number of ether oxygens (including phenoxy) is 1. The average Bonchev–Trinajstić information content (AvgIpc) is 2.95. The first-order chi connectivity index (χ1) is 11.6. The van der Waals surface area contributed by atoms with E-state index >= 15 is 0 Å². The van der Waals surface area contributed by atoms with E-state index in [2.05, 4.69) is 36.3 Å². The lowest BCUT2D eigenvalue weighted by atomic mass is 10.2. The molecule has 0 aliphatic carbocycles. The Hall–Kier alpha value is -2.74. The van der Waals surface area contributed by atoms with E-state index in [0.29, 0.717) is 33.1 Å². The second-order valence-corrected chi connectivity index (χ2v) is 5.76. The number of aryl methyl sites for hydroxylation is 1. The molecule has 3 aromatic rings. The maximum absolute atomic E-state index is 12.4. The van der Waals surface area contributed by atoms with Gasteiger partial charge in [0.25, 0.3) is 5.91 Å². The van der Waals surface area contributed by atoms with Crippen LogP contribution < -0.4 is 10.1 Å². The van der Waals surface area contributed by atoms with Gasteiger partial charge in [-0.05, 0) is 40.2 Å². The molecule has 0 aromatic carbocycles. The van der Waals surface area contributed by atoms with E-state index in [1.54, 1.807) is 61.6 Å². The molecule has 3 rings (SSSR count). The largest absolute Gasteiger partial charge is 0.495 e. The zero-order valence-electron chi connectivity index (χ0n) is 13.0. The average molecular weight is 388 g/mol. The van der Waals surface area contributed by atoms with E-state index < -0.39 is 0 Å². The van der Waals surface area contributed by atoms with Crippen LogP contribution in [0.3, 0.4) is 0 Å². The van der Waals surface area contributed by atoms with E-state index in [1.807, 2.05) is 0 Å². The van der Waals surface area contributed by atoms with Gasteiger partial charge in [-0.3, -0.25) is 14.5 Å². The highest BCUT2D eigenvalue weighted by Crippen LogP contribution is 2.26. The van der Waals surface area contributed by atoms with Gasteiger partial charge in [0.2, 0.25) is 0 Å². The first-order valence-electron chi connectivity index (χ1n) is 7.05. The number of nitrogens with zero attached hydrogens (tertiary/aromatic N) is 4. The van der Waals surface area contributed by atoms with Crippen molar-refractivity contribution in [3.8, 4) is 17.1 Å². The Morgan fingerprint density at radius 1 is 1.29 bits per heavy atom. The molecule has 0 unspecified atom stereocenters. The summed E-state index contributed by atoms with van der Waals surface area (Å²) in [5, 5.41) is 7.19. The first kappa shape index (κ1) is 16.1. The summed E-state index contributed by atoms with van der Waals surface area (Å²) in [7, 11) is 3.36. The number of amides is 1. The summed E-state index contributed by atoms with van der Waals surface area (Å²) in [6.07, 6.45) is 3.32. The molecule has 122 valence electrons. The quantitative estimate of drug-likeness (QED) is 0.695. The molecule has 0 spiro atoms. The van der Waals surface area contributed by atoms with Crippen molar-refractivity contribution >= 4 is 27.5 Å². The summed E-state index contributed by atoms with van der Waals surface area (Å²) in [6, 6.07) is 8.73. The van der Waals surface area contributed by atoms with Gasteiger partial charge in [0.05, 0.1) is 24.7 Å². The molecule has 0 atom stereocenters. The van der Waals surface area contributed by atoms with Gasteiger partial charge in [0, 0.05) is 13.2 Å². The van der Waals surface area contributed by atoms with Crippen LogP contribution in [0, 0.1) is 0 Å². The molecule has 3 heterocycles. The Morgan fingerprint density at radius 3 is 2.79 bits per heavy atom. The minimum Gasteiger partial charge on any atom is -0.495 e. The third-order valence-electron chi connectivity index (χ3n) is 3.24. The highest BCUT2D eigenvalue weighted by Gasteiger charge is 2.16. The van der Waals surface area contributed by atoms with Crippen molar-refractivity contribution < 1.29 is 9.53 Å². The number of pyridine rings is 2. The lowest BCUT2D eigenvalue weighted by Gasteiger charge is -2.05. The van der Waals surface area contributed by atoms with Crippen LogP contribution >= 0.6 is 15.9 Å². The number of anilines is 1. The van der Waals surface area contributed by atoms with Crippen LogP contribution in [0.5, 0.6) is 5.75 Å². The van der Waals surface area contributed by atoms with Crippen molar-refractivity contribution in [3.63, 3.8) is 0 Å². The molecule has 0 saturated heterocycles. The smallest absolute Gasteiger partial charge is 0.274 e. The summed E-state index contributed by atoms with van der Waals surface area (Å²) in [6.45, 7) is 0. The molecule has 1 amide bonds. The molecular weight excluding hydrogens is 374 g/mol. The monoisotopic (exact) mass is 387 g/mol. The normalized spacial score (nSPS) is 10.5. The molecule has 0 fully saturated rings. The van der Waals surface area contributed by atoms with Gasteiger partial charge in [-0.1, -0.05) is 6.07 Å². The van der Waals surface area contributed by atoms with Gasteiger partial charge in [-0.2, -0.15) is 5.10 Å². The van der Waals surface area contributed by atoms with Crippen LogP contribution in [0.25, 0.3) is 11.4 Å². The number of methoxy groups -OCH3 is 1. The van der Waals surface area contributed by atoms with Crippen molar-refractivity contribution in [3.05, 3.63) is 53.0 Å². The standard InChI is InChI=1S/C16H14BrN5O2/c1-22-9-13(20-16(23)12-4-3-5-14(17)19-12)15(21-22)11-7-6-10(24-2)8-18-11/h3-9H,1-2H3,(H,20,23). The highest BCUT2D eigenvalue weighted by atomic mass is 79.9. The predicted molar refractivity (Wildman–Crippen MR) is 92.9 cm³/mol. The predicted octanol–water partition coefficient (Wildman–Crippen LogP) is 2.90. The minimum absolute atomic E-state index is 0.307. The molecule has 24 heavy (non-hydrogen) atoms. The topological polar surface area (TPSA) is 81.9 Å². The second kappa shape index (κ2) is 6.79. The van der Waals surface area contributed by atoms with Crippen LogP contribution in [-0.4, -0.2) is 32.8 Å². The van der Waals surface area contributed by atoms with Gasteiger partial charge in [0.1, 0.15) is 21.7 Å². The van der Waals surface area contributed by atoms with Crippen molar-refractivity contribution in [2.75, 3.05) is 12.4 Å². The lowest BCUT2D eigenvalue weighted by molar-refractivity contribution is 0.102. The number of nitrogens with one attached hydrogen (secondary N) is 1. The van der Waals surface area contributed by atoms with Gasteiger partial charge < -0.3 is 10.1 Å². The summed E-state index contributed by atoms with van der Waals surface area (Å²) < 4.78 is 7.32. The molecule has 0 bridgehead atoms. The Labute approximate surface area is 146 Å². The molecule has 0 aliphatic heterocycles. The number of hydrogen-bond acceptors (Lipinski definition) is 5. The van der Waals surface area contributed by atoms with Gasteiger partial charge in [-0.25, -0.2) is 4.98 Å². The second-order valence-electron chi connectivity index (χ2n) is 4.95. The van der Waals surface area contributed by atoms with Crippen molar-refractivity contribution in [1.82, 2.24) is 19.7 Å².